The van der Waals surface area contributed by atoms with Crippen molar-refractivity contribution in [2.24, 2.45) is 0 Å². The standard InChI is InChI=1S/C10H12O3/c1-2-9(12)8-5-3-4-7(6-11)10(8)13/h3-5,11,13H,2,6H2,1H3. The molecule has 0 bridgehead atoms. The third kappa shape index (κ3) is 1.87. The molecular weight excluding hydrogens is 168 g/mol. The molecule has 70 valence electrons. The maximum atomic E-state index is 11.3. The first-order chi connectivity index (χ1) is 6.20. The zero-order valence-electron chi connectivity index (χ0n) is 7.45. The van der Waals surface area contributed by atoms with Crippen molar-refractivity contribution in [2.45, 2.75) is 20.0 Å². The summed E-state index contributed by atoms with van der Waals surface area (Å²) in [6.07, 6.45) is 0.350. The van der Waals surface area contributed by atoms with E-state index in [9.17, 15) is 9.90 Å². The molecule has 0 atom stereocenters. The Morgan fingerprint density at radius 3 is 2.69 bits per heavy atom. The first-order valence-corrected chi connectivity index (χ1v) is 4.15. The van der Waals surface area contributed by atoms with E-state index in [1.165, 1.54) is 0 Å². The number of Topliss-reactive ketones (excluding diaryl/α,β-unsaturated/α-hetero) is 1. The Morgan fingerprint density at radius 1 is 1.46 bits per heavy atom. The third-order valence-electron chi connectivity index (χ3n) is 1.91. The predicted molar refractivity (Wildman–Crippen MR) is 48.7 cm³/mol. The maximum Gasteiger partial charge on any atom is 0.166 e. The molecule has 0 aromatic heterocycles. The number of aromatic hydroxyl groups is 1. The van der Waals surface area contributed by atoms with Crippen LogP contribution in [0.2, 0.25) is 0 Å². The van der Waals surface area contributed by atoms with Gasteiger partial charge in [0.1, 0.15) is 5.75 Å². The number of aliphatic hydroxyl groups excluding tert-OH is 1. The van der Waals surface area contributed by atoms with Crippen molar-refractivity contribution in [1.82, 2.24) is 0 Å². The molecule has 3 nitrogen and oxygen atoms in total. The number of ketones is 1. The lowest BCUT2D eigenvalue weighted by atomic mass is 10.0. The van der Waals surface area contributed by atoms with Crippen LogP contribution in [-0.2, 0) is 6.61 Å². The Bertz CT molecular complexity index is 318. The van der Waals surface area contributed by atoms with Gasteiger partial charge in [0.05, 0.1) is 12.2 Å². The molecule has 2 N–H and O–H groups in total. The van der Waals surface area contributed by atoms with Gasteiger partial charge in [-0.15, -0.1) is 0 Å². The largest absolute Gasteiger partial charge is 0.507 e. The number of hydrogen-bond donors (Lipinski definition) is 2. The van der Waals surface area contributed by atoms with Gasteiger partial charge in [-0.25, -0.2) is 0 Å². The van der Waals surface area contributed by atoms with Crippen molar-refractivity contribution in [1.29, 1.82) is 0 Å². The molecule has 0 saturated heterocycles. The van der Waals surface area contributed by atoms with Crippen molar-refractivity contribution < 1.29 is 15.0 Å². The summed E-state index contributed by atoms with van der Waals surface area (Å²) in [4.78, 5) is 11.3. The van der Waals surface area contributed by atoms with E-state index in [1.807, 2.05) is 0 Å². The van der Waals surface area contributed by atoms with E-state index >= 15 is 0 Å². The molecule has 1 rings (SSSR count). The van der Waals surface area contributed by atoms with Gasteiger partial charge < -0.3 is 10.2 Å². The molecule has 0 heterocycles. The van der Waals surface area contributed by atoms with E-state index in [0.717, 1.165) is 0 Å². The molecule has 0 spiro atoms. The minimum atomic E-state index is -0.253. The Hall–Kier alpha value is -1.35. The summed E-state index contributed by atoms with van der Waals surface area (Å²) in [5.41, 5.74) is 0.674. The summed E-state index contributed by atoms with van der Waals surface area (Å²) in [6.45, 7) is 1.48. The number of carbonyl (C=O) groups is 1. The monoisotopic (exact) mass is 180 g/mol. The second-order valence-corrected chi connectivity index (χ2v) is 2.75. The second kappa shape index (κ2) is 4.05. The zero-order valence-corrected chi connectivity index (χ0v) is 7.45. The second-order valence-electron chi connectivity index (χ2n) is 2.75. The molecule has 0 aliphatic carbocycles. The number of rotatable bonds is 3. The highest BCUT2D eigenvalue weighted by Gasteiger charge is 2.11. The van der Waals surface area contributed by atoms with Crippen LogP contribution in [0.25, 0.3) is 0 Å². The van der Waals surface area contributed by atoms with Gasteiger partial charge in [-0.1, -0.05) is 19.1 Å². The number of phenols is 1. The molecule has 13 heavy (non-hydrogen) atoms. The molecule has 0 unspecified atom stereocenters. The smallest absolute Gasteiger partial charge is 0.166 e. The molecule has 1 aromatic carbocycles. The van der Waals surface area contributed by atoms with Gasteiger partial charge in [0, 0.05) is 12.0 Å². The van der Waals surface area contributed by atoms with Crippen molar-refractivity contribution in [3.05, 3.63) is 29.3 Å². The van der Waals surface area contributed by atoms with Crippen LogP contribution in [0.1, 0.15) is 29.3 Å². The summed E-state index contributed by atoms with van der Waals surface area (Å²) in [5, 5.41) is 18.3. The maximum absolute atomic E-state index is 11.3. The van der Waals surface area contributed by atoms with Crippen molar-refractivity contribution in [3.63, 3.8) is 0 Å². The van der Waals surface area contributed by atoms with E-state index in [-0.39, 0.29) is 23.7 Å². The number of para-hydroxylation sites is 1. The Kier molecular flexibility index (Phi) is 3.03. The fourth-order valence-corrected chi connectivity index (χ4v) is 1.13. The average molecular weight is 180 g/mol. The lowest BCUT2D eigenvalue weighted by molar-refractivity contribution is 0.0985. The topological polar surface area (TPSA) is 57.5 Å². The fraction of sp³-hybridized carbons (Fsp3) is 0.300. The molecule has 0 amide bonds. The quantitative estimate of drug-likeness (QED) is 0.692. The molecule has 0 radical (unpaired) electrons. The SMILES string of the molecule is CCC(=O)c1cccc(CO)c1O. The number of benzene rings is 1. The van der Waals surface area contributed by atoms with Gasteiger partial charge in [0.2, 0.25) is 0 Å². The van der Waals surface area contributed by atoms with Gasteiger partial charge in [-0.05, 0) is 6.07 Å². The Labute approximate surface area is 76.6 Å². The van der Waals surface area contributed by atoms with Crippen LogP contribution in [0.4, 0.5) is 0 Å². The summed E-state index contributed by atoms with van der Waals surface area (Å²) in [6, 6.07) is 4.79. The minimum absolute atomic E-state index is 0.100. The highest BCUT2D eigenvalue weighted by atomic mass is 16.3. The molecule has 0 aliphatic heterocycles. The van der Waals surface area contributed by atoms with E-state index < -0.39 is 0 Å². The zero-order chi connectivity index (χ0) is 9.84. The molecule has 0 saturated carbocycles. The highest BCUT2D eigenvalue weighted by Crippen LogP contribution is 2.23. The van der Waals surface area contributed by atoms with Crippen LogP contribution >= 0.6 is 0 Å². The van der Waals surface area contributed by atoms with E-state index in [2.05, 4.69) is 0 Å². The van der Waals surface area contributed by atoms with E-state index in [1.54, 1.807) is 25.1 Å². The van der Waals surface area contributed by atoms with Crippen LogP contribution in [0, 0.1) is 0 Å². The number of hydrogen-bond acceptors (Lipinski definition) is 3. The number of aliphatic hydroxyl groups is 1. The lowest BCUT2D eigenvalue weighted by Crippen LogP contribution is -1.98. The Morgan fingerprint density at radius 2 is 2.15 bits per heavy atom. The van der Waals surface area contributed by atoms with Crippen LogP contribution in [0.5, 0.6) is 5.75 Å². The lowest BCUT2D eigenvalue weighted by Gasteiger charge is -2.05. The van der Waals surface area contributed by atoms with Crippen LogP contribution in [-0.4, -0.2) is 16.0 Å². The van der Waals surface area contributed by atoms with Gasteiger partial charge in [0.25, 0.3) is 0 Å². The van der Waals surface area contributed by atoms with Crippen LogP contribution in [0.3, 0.4) is 0 Å². The van der Waals surface area contributed by atoms with Gasteiger partial charge in [0.15, 0.2) is 5.78 Å². The highest BCUT2D eigenvalue weighted by molar-refractivity contribution is 5.98. The first kappa shape index (κ1) is 9.74. The molecule has 1 aromatic rings. The van der Waals surface area contributed by atoms with Crippen molar-refractivity contribution in [2.75, 3.05) is 0 Å². The first-order valence-electron chi connectivity index (χ1n) is 4.15. The van der Waals surface area contributed by atoms with Gasteiger partial charge in [-0.2, -0.15) is 0 Å². The normalized spacial score (nSPS) is 10.0. The Balaban J connectivity index is 3.15. The molecule has 0 fully saturated rings. The summed E-state index contributed by atoms with van der Waals surface area (Å²) < 4.78 is 0. The molecular formula is C10H12O3. The predicted octanol–water partition coefficient (Wildman–Crippen LogP) is 1.48. The molecule has 0 aliphatic rings. The summed E-state index contributed by atoms with van der Waals surface area (Å²) >= 11 is 0. The van der Waals surface area contributed by atoms with Gasteiger partial charge >= 0.3 is 0 Å². The van der Waals surface area contributed by atoms with Crippen LogP contribution in [0.15, 0.2) is 18.2 Å². The van der Waals surface area contributed by atoms with E-state index in [0.29, 0.717) is 12.0 Å². The average Bonchev–Trinajstić information content (AvgIpc) is 2.17. The van der Waals surface area contributed by atoms with Crippen molar-refractivity contribution >= 4 is 5.78 Å². The summed E-state index contributed by atoms with van der Waals surface area (Å²) in [7, 11) is 0. The minimum Gasteiger partial charge on any atom is -0.507 e. The fourth-order valence-electron chi connectivity index (χ4n) is 1.13. The van der Waals surface area contributed by atoms with Crippen molar-refractivity contribution in [3.8, 4) is 5.75 Å². The third-order valence-corrected chi connectivity index (χ3v) is 1.91. The van der Waals surface area contributed by atoms with Crippen LogP contribution < -0.4 is 0 Å². The number of carbonyl (C=O) groups excluding carboxylic acids is 1. The summed E-state index contributed by atoms with van der Waals surface area (Å²) in [5.74, 6) is -0.218. The van der Waals surface area contributed by atoms with Gasteiger partial charge in [-0.3, -0.25) is 4.79 Å². The molecule has 3 heteroatoms. The van der Waals surface area contributed by atoms with E-state index in [4.69, 9.17) is 5.11 Å².